The minimum atomic E-state index is -0.673. The van der Waals surface area contributed by atoms with Gasteiger partial charge in [-0.15, -0.1) is 0 Å². The molecule has 0 bridgehead atoms. The van der Waals surface area contributed by atoms with Gasteiger partial charge in [-0.25, -0.2) is 0 Å². The quantitative estimate of drug-likeness (QED) is 0.389. The molecule has 0 unspecified atom stereocenters. The van der Waals surface area contributed by atoms with Crippen molar-refractivity contribution in [1.82, 2.24) is 0 Å². The van der Waals surface area contributed by atoms with E-state index in [1.807, 2.05) is 20.8 Å². The largest absolute Gasteiger partial charge is 0.481 e. The Bertz CT molecular complexity index is 1280. The Balaban J connectivity index is 1.52. The molecule has 1 heterocycles. The molecule has 1 aromatic rings. The van der Waals surface area contributed by atoms with E-state index in [-0.39, 0.29) is 27.6 Å². The van der Waals surface area contributed by atoms with Gasteiger partial charge in [0.1, 0.15) is 0 Å². The number of hydrogen-bond donors (Lipinski definition) is 2. The first kappa shape index (κ1) is 27.2. The minimum absolute atomic E-state index is 0.00959. The molecule has 3 N–H and O–H groups in total. The Morgan fingerprint density at radius 3 is 2.36 bits per heavy atom. The molecule has 5 heteroatoms. The third-order valence-corrected chi connectivity index (χ3v) is 12.9. The molecule has 5 nitrogen and oxygen atoms in total. The summed E-state index contributed by atoms with van der Waals surface area (Å²) in [6.07, 6.45) is 10.7. The van der Waals surface area contributed by atoms with Crippen LogP contribution < -0.4 is 15.2 Å². The Morgan fingerprint density at radius 1 is 1.03 bits per heavy atom. The van der Waals surface area contributed by atoms with Gasteiger partial charge in [-0.1, -0.05) is 39.3 Å². The average Bonchev–Trinajstić information content (AvgIpc) is 3.20. The fourth-order valence-electron chi connectivity index (χ4n) is 10.5. The number of hydrogen-bond acceptors (Lipinski definition) is 4. The molecule has 0 amide bonds. The number of nitrogens with two attached hydrogens (primary N) is 1. The van der Waals surface area contributed by atoms with Crippen molar-refractivity contribution >= 4 is 5.97 Å². The van der Waals surface area contributed by atoms with Gasteiger partial charge in [-0.3, -0.25) is 4.79 Å². The summed E-state index contributed by atoms with van der Waals surface area (Å²) in [5, 5.41) is 10.3. The average molecular weight is 536 g/mol. The monoisotopic (exact) mass is 535 g/mol. The zero-order valence-corrected chi connectivity index (χ0v) is 25.4. The summed E-state index contributed by atoms with van der Waals surface area (Å²) in [5.74, 6) is 0.958. The van der Waals surface area contributed by atoms with Crippen molar-refractivity contribution in [3.8, 4) is 11.5 Å². The predicted molar refractivity (Wildman–Crippen MR) is 154 cm³/mol. The van der Waals surface area contributed by atoms with E-state index in [9.17, 15) is 9.90 Å². The maximum absolute atomic E-state index is 12.5. The van der Waals surface area contributed by atoms with Gasteiger partial charge in [0.15, 0.2) is 11.5 Å². The van der Waals surface area contributed by atoms with Gasteiger partial charge in [0.2, 0.25) is 5.79 Å². The van der Waals surface area contributed by atoms with E-state index in [2.05, 4.69) is 46.8 Å². The first-order chi connectivity index (χ1) is 18.1. The molecule has 1 aromatic carbocycles. The van der Waals surface area contributed by atoms with Crippen molar-refractivity contribution in [2.45, 2.75) is 124 Å². The summed E-state index contributed by atoms with van der Waals surface area (Å²) >= 11 is 0. The number of benzene rings is 1. The molecule has 0 saturated heterocycles. The SMILES string of the molecule is CC[C@@]12CC[C@]3(C)C(=C[C@@H](CN)c4c3cc3c(c4C)OC(C)(C)O3)[C@@]1(C)CC[C@@]1(C)CC[C@@](C)(C(=O)O)C[C@H]12. The van der Waals surface area contributed by atoms with E-state index < -0.39 is 17.2 Å². The third-order valence-electron chi connectivity index (χ3n) is 12.9. The van der Waals surface area contributed by atoms with Crippen LogP contribution in [0.4, 0.5) is 0 Å². The van der Waals surface area contributed by atoms with Gasteiger partial charge in [0.05, 0.1) is 5.41 Å². The van der Waals surface area contributed by atoms with Gasteiger partial charge >= 0.3 is 5.97 Å². The molecule has 214 valence electrons. The number of allylic oxidation sites excluding steroid dienone is 1. The minimum Gasteiger partial charge on any atom is -0.481 e. The number of rotatable bonds is 3. The molecule has 3 saturated carbocycles. The summed E-state index contributed by atoms with van der Waals surface area (Å²) < 4.78 is 12.6. The Morgan fingerprint density at radius 2 is 1.72 bits per heavy atom. The summed E-state index contributed by atoms with van der Waals surface area (Å²) in [6, 6.07) is 2.28. The second-order valence-corrected chi connectivity index (χ2v) is 15.3. The van der Waals surface area contributed by atoms with Gasteiger partial charge in [-0.05, 0) is 110 Å². The van der Waals surface area contributed by atoms with Crippen LogP contribution in [0, 0.1) is 34.5 Å². The highest BCUT2D eigenvalue weighted by Crippen LogP contribution is 2.76. The third kappa shape index (κ3) is 3.32. The standard InChI is InChI=1S/C34H49NO4/c1-9-34-15-13-32(7)22-17-23-27(39-29(3,4)38-23)20(2)26(22)21(19-35)16-24(32)33(34,8)14-12-30(5)10-11-31(6,28(36)37)18-25(30)34/h16-17,21,25H,9-15,18-19,35H2,1-8H3,(H,36,37)/t21-,25+,30+,31+,32-,33+,34-/m0/s1. The lowest BCUT2D eigenvalue weighted by atomic mass is 9.33. The van der Waals surface area contributed by atoms with Gasteiger partial charge in [-0.2, -0.15) is 0 Å². The second-order valence-electron chi connectivity index (χ2n) is 15.3. The fourth-order valence-corrected chi connectivity index (χ4v) is 10.5. The van der Waals surface area contributed by atoms with E-state index in [1.54, 1.807) is 5.57 Å². The fraction of sp³-hybridized carbons (Fsp3) is 0.735. The second kappa shape index (κ2) is 8.05. The first-order valence-corrected chi connectivity index (χ1v) is 15.3. The normalized spacial score (nSPS) is 43.5. The molecule has 39 heavy (non-hydrogen) atoms. The predicted octanol–water partition coefficient (Wildman–Crippen LogP) is 7.63. The molecule has 4 aliphatic carbocycles. The lowest BCUT2D eigenvalue weighted by Gasteiger charge is -2.71. The molecule has 3 fully saturated rings. The van der Waals surface area contributed by atoms with Crippen LogP contribution in [-0.2, 0) is 10.2 Å². The molecule has 5 aliphatic rings. The first-order valence-electron chi connectivity index (χ1n) is 15.3. The van der Waals surface area contributed by atoms with Crippen molar-refractivity contribution < 1.29 is 19.4 Å². The van der Waals surface area contributed by atoms with E-state index in [1.165, 1.54) is 16.7 Å². The highest BCUT2D eigenvalue weighted by Gasteiger charge is 2.68. The maximum Gasteiger partial charge on any atom is 0.309 e. The summed E-state index contributed by atoms with van der Waals surface area (Å²) in [6.45, 7) is 18.5. The number of carboxylic acid groups (broad SMARTS) is 1. The molecule has 6 rings (SSSR count). The summed E-state index contributed by atoms with van der Waals surface area (Å²) in [4.78, 5) is 12.5. The Kier molecular flexibility index (Phi) is 5.61. The maximum atomic E-state index is 12.5. The van der Waals surface area contributed by atoms with Crippen LogP contribution in [0.25, 0.3) is 0 Å². The number of carboxylic acids is 1. The van der Waals surface area contributed by atoms with E-state index in [0.29, 0.717) is 12.5 Å². The lowest BCUT2D eigenvalue weighted by Crippen LogP contribution is -2.63. The van der Waals surface area contributed by atoms with Crippen molar-refractivity contribution in [3.05, 3.63) is 34.4 Å². The topological polar surface area (TPSA) is 81.8 Å². The van der Waals surface area contributed by atoms with Crippen LogP contribution >= 0.6 is 0 Å². The molecule has 7 atom stereocenters. The van der Waals surface area contributed by atoms with Crippen LogP contribution in [0.2, 0.25) is 0 Å². The molecular formula is C34H49NO4. The highest BCUT2D eigenvalue weighted by molar-refractivity contribution is 5.74. The summed E-state index contributed by atoms with van der Waals surface area (Å²) in [7, 11) is 0. The number of fused-ring (bicyclic) bond motifs is 8. The van der Waals surface area contributed by atoms with E-state index in [4.69, 9.17) is 15.2 Å². The van der Waals surface area contributed by atoms with Crippen LogP contribution in [0.1, 0.15) is 122 Å². The van der Waals surface area contributed by atoms with E-state index in [0.717, 1.165) is 62.9 Å². The number of carbonyl (C=O) groups is 1. The van der Waals surface area contributed by atoms with Gasteiger partial charge in [0, 0.05) is 31.7 Å². The van der Waals surface area contributed by atoms with E-state index >= 15 is 0 Å². The Hall–Kier alpha value is -2.01. The van der Waals surface area contributed by atoms with Crippen molar-refractivity contribution in [2.24, 2.45) is 33.3 Å². The number of aliphatic carboxylic acids is 1. The van der Waals surface area contributed by atoms with Crippen molar-refractivity contribution in [3.63, 3.8) is 0 Å². The highest BCUT2D eigenvalue weighted by atomic mass is 16.7. The van der Waals surface area contributed by atoms with Crippen LogP contribution in [0.15, 0.2) is 17.7 Å². The molecule has 0 spiro atoms. The van der Waals surface area contributed by atoms with Gasteiger partial charge < -0.3 is 20.3 Å². The van der Waals surface area contributed by atoms with Gasteiger partial charge in [0.25, 0.3) is 0 Å². The zero-order chi connectivity index (χ0) is 28.4. The zero-order valence-electron chi connectivity index (χ0n) is 25.4. The lowest BCUT2D eigenvalue weighted by molar-refractivity contribution is -0.183. The molecule has 1 aliphatic heterocycles. The van der Waals surface area contributed by atoms with Crippen molar-refractivity contribution in [2.75, 3.05) is 6.54 Å². The Labute approximate surface area is 234 Å². The number of ether oxygens (including phenoxy) is 2. The molecule has 0 radical (unpaired) electrons. The van der Waals surface area contributed by atoms with Crippen LogP contribution in [0.3, 0.4) is 0 Å². The summed E-state index contributed by atoms with van der Waals surface area (Å²) in [5.41, 5.74) is 11.5. The smallest absolute Gasteiger partial charge is 0.309 e. The van der Waals surface area contributed by atoms with Crippen LogP contribution in [-0.4, -0.2) is 23.4 Å². The van der Waals surface area contributed by atoms with Crippen molar-refractivity contribution in [1.29, 1.82) is 0 Å². The van der Waals surface area contributed by atoms with Crippen LogP contribution in [0.5, 0.6) is 11.5 Å². The molecular weight excluding hydrogens is 486 g/mol. The molecule has 0 aromatic heterocycles.